The highest BCUT2D eigenvalue weighted by atomic mass is 32.1. The van der Waals surface area contributed by atoms with Crippen molar-refractivity contribution >= 4 is 26.8 Å². The van der Waals surface area contributed by atoms with Crippen molar-refractivity contribution in [2.45, 2.75) is 26.8 Å². The third-order valence-corrected chi connectivity index (χ3v) is 4.10. The van der Waals surface area contributed by atoms with E-state index in [0.717, 1.165) is 32.7 Å². The molecule has 100 valence electrons. The van der Waals surface area contributed by atoms with Crippen LogP contribution in [0.4, 0.5) is 5.13 Å². The monoisotopic (exact) mass is 276 g/mol. The number of imidazole rings is 1. The molecule has 19 heavy (non-hydrogen) atoms. The number of nitrogens with one attached hydrogen (secondary N) is 2. The molecular formula is C12H16N6S. The Morgan fingerprint density at radius 1 is 1.42 bits per heavy atom. The average Bonchev–Trinajstić information content (AvgIpc) is 3.00. The number of hydrogen-bond acceptors (Lipinski definition) is 5. The fourth-order valence-corrected chi connectivity index (χ4v) is 3.07. The van der Waals surface area contributed by atoms with Crippen LogP contribution in [0.1, 0.15) is 30.2 Å². The molecule has 3 heterocycles. The van der Waals surface area contributed by atoms with Crippen molar-refractivity contribution in [2.24, 2.45) is 7.05 Å². The van der Waals surface area contributed by atoms with E-state index in [1.165, 1.54) is 0 Å². The molecule has 3 rings (SSSR count). The average molecular weight is 276 g/mol. The first-order valence-corrected chi connectivity index (χ1v) is 6.94. The SMILES string of the molecule is Cc1cnc([C@H](C)Nc2nc3c(s2)c(C)nn3C)[nH]1. The molecule has 6 nitrogen and oxygen atoms in total. The molecule has 0 amide bonds. The Kier molecular flexibility index (Phi) is 2.78. The van der Waals surface area contributed by atoms with Crippen LogP contribution >= 0.6 is 11.3 Å². The molecule has 3 aromatic heterocycles. The van der Waals surface area contributed by atoms with Gasteiger partial charge in [-0.2, -0.15) is 5.10 Å². The van der Waals surface area contributed by atoms with E-state index < -0.39 is 0 Å². The highest BCUT2D eigenvalue weighted by Crippen LogP contribution is 2.29. The lowest BCUT2D eigenvalue weighted by molar-refractivity contribution is 0.771. The van der Waals surface area contributed by atoms with Crippen molar-refractivity contribution in [1.82, 2.24) is 24.7 Å². The van der Waals surface area contributed by atoms with Gasteiger partial charge in [0.2, 0.25) is 0 Å². The van der Waals surface area contributed by atoms with Gasteiger partial charge in [0.1, 0.15) is 5.82 Å². The minimum Gasteiger partial charge on any atom is -0.352 e. The molecule has 0 saturated carbocycles. The second-order valence-electron chi connectivity index (χ2n) is 4.70. The number of rotatable bonds is 3. The second kappa shape index (κ2) is 4.34. The molecular weight excluding hydrogens is 260 g/mol. The highest BCUT2D eigenvalue weighted by Gasteiger charge is 2.15. The summed E-state index contributed by atoms with van der Waals surface area (Å²) in [5, 5.41) is 8.62. The number of aromatic nitrogens is 5. The quantitative estimate of drug-likeness (QED) is 0.771. The maximum Gasteiger partial charge on any atom is 0.186 e. The van der Waals surface area contributed by atoms with Gasteiger partial charge in [0.05, 0.1) is 16.4 Å². The Morgan fingerprint density at radius 2 is 2.21 bits per heavy atom. The maximum absolute atomic E-state index is 4.57. The van der Waals surface area contributed by atoms with Gasteiger partial charge in [-0.05, 0) is 20.8 Å². The zero-order valence-electron chi connectivity index (χ0n) is 11.4. The summed E-state index contributed by atoms with van der Waals surface area (Å²) in [5.74, 6) is 0.923. The van der Waals surface area contributed by atoms with Gasteiger partial charge < -0.3 is 10.3 Å². The molecule has 1 atom stereocenters. The van der Waals surface area contributed by atoms with E-state index in [0.29, 0.717) is 0 Å². The minimum absolute atomic E-state index is 0.0996. The number of nitrogens with zero attached hydrogens (tertiary/aromatic N) is 4. The summed E-state index contributed by atoms with van der Waals surface area (Å²) in [6.45, 7) is 6.06. The zero-order valence-corrected chi connectivity index (χ0v) is 12.2. The third kappa shape index (κ3) is 2.10. The molecule has 0 radical (unpaired) electrons. The van der Waals surface area contributed by atoms with Gasteiger partial charge in [0.25, 0.3) is 0 Å². The molecule has 0 unspecified atom stereocenters. The van der Waals surface area contributed by atoms with E-state index in [4.69, 9.17) is 0 Å². The zero-order chi connectivity index (χ0) is 13.6. The first kappa shape index (κ1) is 12.2. The molecule has 7 heteroatoms. The first-order valence-electron chi connectivity index (χ1n) is 6.13. The normalized spacial score (nSPS) is 13.1. The molecule has 0 bridgehead atoms. The van der Waals surface area contributed by atoms with Gasteiger partial charge in [-0.15, -0.1) is 0 Å². The van der Waals surface area contributed by atoms with Crippen LogP contribution in [0.25, 0.3) is 10.3 Å². The Bertz CT molecular complexity index is 687. The van der Waals surface area contributed by atoms with Crippen LogP contribution in [0, 0.1) is 13.8 Å². The highest BCUT2D eigenvalue weighted by molar-refractivity contribution is 7.22. The van der Waals surface area contributed by atoms with E-state index in [-0.39, 0.29) is 6.04 Å². The molecule has 0 spiro atoms. The van der Waals surface area contributed by atoms with Crippen LogP contribution in [0.5, 0.6) is 0 Å². The summed E-state index contributed by atoms with van der Waals surface area (Å²) in [7, 11) is 1.91. The van der Waals surface area contributed by atoms with Gasteiger partial charge in [0.15, 0.2) is 10.8 Å². The third-order valence-electron chi connectivity index (χ3n) is 3.02. The van der Waals surface area contributed by atoms with E-state index in [2.05, 4.69) is 32.3 Å². The number of fused-ring (bicyclic) bond motifs is 1. The Morgan fingerprint density at radius 3 is 2.84 bits per heavy atom. The van der Waals surface area contributed by atoms with E-state index >= 15 is 0 Å². The fraction of sp³-hybridized carbons (Fsp3) is 0.417. The molecule has 3 aromatic rings. The van der Waals surface area contributed by atoms with E-state index in [9.17, 15) is 0 Å². The standard InChI is InChI=1S/C12H16N6S/c1-6-5-13-10(14-6)8(3)15-12-16-11-9(19-12)7(2)17-18(11)4/h5,8H,1-4H3,(H,13,14)(H,15,16)/t8-/m0/s1. The Balaban J connectivity index is 1.87. The second-order valence-corrected chi connectivity index (χ2v) is 5.70. The van der Waals surface area contributed by atoms with Gasteiger partial charge in [-0.1, -0.05) is 11.3 Å². The summed E-state index contributed by atoms with van der Waals surface area (Å²) < 4.78 is 2.95. The summed E-state index contributed by atoms with van der Waals surface area (Å²) in [5.41, 5.74) is 3.00. The van der Waals surface area contributed by atoms with Crippen molar-refractivity contribution in [3.05, 3.63) is 23.4 Å². The minimum atomic E-state index is 0.0996. The first-order chi connectivity index (χ1) is 9.04. The number of hydrogen-bond donors (Lipinski definition) is 2. The van der Waals surface area contributed by atoms with Crippen LogP contribution in [0.15, 0.2) is 6.20 Å². The van der Waals surface area contributed by atoms with Gasteiger partial charge in [-0.25, -0.2) is 14.6 Å². The predicted octanol–water partition coefficient (Wildman–Crippen LogP) is 2.54. The molecule has 2 N–H and O–H groups in total. The van der Waals surface area contributed by atoms with Crippen molar-refractivity contribution in [1.29, 1.82) is 0 Å². The Labute approximate surface area is 114 Å². The van der Waals surface area contributed by atoms with Crippen molar-refractivity contribution < 1.29 is 0 Å². The molecule has 0 aliphatic carbocycles. The molecule has 0 aliphatic rings. The van der Waals surface area contributed by atoms with Crippen LogP contribution in [0.3, 0.4) is 0 Å². The van der Waals surface area contributed by atoms with Gasteiger partial charge >= 0.3 is 0 Å². The van der Waals surface area contributed by atoms with Crippen LogP contribution < -0.4 is 5.32 Å². The topological polar surface area (TPSA) is 71.4 Å². The number of aromatic amines is 1. The molecule has 0 fully saturated rings. The Hall–Kier alpha value is -1.89. The summed E-state index contributed by atoms with van der Waals surface area (Å²) in [6.07, 6.45) is 1.83. The van der Waals surface area contributed by atoms with Crippen LogP contribution in [-0.2, 0) is 7.05 Å². The van der Waals surface area contributed by atoms with Crippen LogP contribution in [-0.4, -0.2) is 24.7 Å². The van der Waals surface area contributed by atoms with Gasteiger partial charge in [-0.3, -0.25) is 0 Å². The summed E-state index contributed by atoms with van der Waals surface area (Å²) >= 11 is 1.63. The summed E-state index contributed by atoms with van der Waals surface area (Å²) in [4.78, 5) is 12.1. The van der Waals surface area contributed by atoms with Crippen molar-refractivity contribution in [2.75, 3.05) is 5.32 Å². The van der Waals surface area contributed by atoms with Crippen molar-refractivity contribution in [3.63, 3.8) is 0 Å². The molecule has 0 saturated heterocycles. The molecule has 0 aromatic carbocycles. The van der Waals surface area contributed by atoms with E-state index in [1.807, 2.05) is 31.8 Å². The van der Waals surface area contributed by atoms with Gasteiger partial charge in [0, 0.05) is 18.9 Å². The largest absolute Gasteiger partial charge is 0.352 e. The number of anilines is 1. The summed E-state index contributed by atoms with van der Waals surface area (Å²) in [6, 6.07) is 0.0996. The maximum atomic E-state index is 4.57. The fourth-order valence-electron chi connectivity index (χ4n) is 2.05. The smallest absolute Gasteiger partial charge is 0.186 e. The van der Waals surface area contributed by atoms with E-state index in [1.54, 1.807) is 11.3 Å². The lowest BCUT2D eigenvalue weighted by Gasteiger charge is -2.09. The van der Waals surface area contributed by atoms with Crippen LogP contribution in [0.2, 0.25) is 0 Å². The number of H-pyrrole nitrogens is 1. The number of thiazole rings is 1. The lowest BCUT2D eigenvalue weighted by atomic mass is 10.3. The van der Waals surface area contributed by atoms with Crippen molar-refractivity contribution in [3.8, 4) is 0 Å². The molecule has 0 aliphatic heterocycles. The predicted molar refractivity (Wildman–Crippen MR) is 76.5 cm³/mol. The number of aryl methyl sites for hydroxylation is 3. The lowest BCUT2D eigenvalue weighted by Crippen LogP contribution is -2.08.